The van der Waals surface area contributed by atoms with E-state index in [1.807, 2.05) is 0 Å². The minimum Gasteiger partial charge on any atom is -0.496 e. The fourth-order valence-electron chi connectivity index (χ4n) is 3.17. The summed E-state index contributed by atoms with van der Waals surface area (Å²) in [5.41, 5.74) is 5.53. The lowest BCUT2D eigenvalue weighted by Gasteiger charge is -2.31. The monoisotopic (exact) mass is 281 g/mol. The molecule has 21 heavy (non-hydrogen) atoms. The number of hydrogen-bond acceptors (Lipinski definition) is 2. The Morgan fingerprint density at radius 2 is 2.05 bits per heavy atom. The van der Waals surface area contributed by atoms with Crippen molar-refractivity contribution in [2.75, 3.05) is 13.7 Å². The molecule has 2 unspecified atom stereocenters. The summed E-state index contributed by atoms with van der Waals surface area (Å²) in [5.74, 6) is 1.62. The first-order valence-electron chi connectivity index (χ1n) is 7.64. The summed E-state index contributed by atoms with van der Waals surface area (Å²) in [5, 5.41) is 3.66. The third-order valence-electron chi connectivity index (χ3n) is 4.48. The molecule has 1 aliphatic carbocycles. The second-order valence-corrected chi connectivity index (χ2v) is 5.98. The van der Waals surface area contributed by atoms with Crippen LogP contribution in [0.25, 0.3) is 0 Å². The highest BCUT2D eigenvalue weighted by Gasteiger charge is 2.25. The average Bonchev–Trinajstić information content (AvgIpc) is 2.48. The Balaban J connectivity index is 1.65. The van der Waals surface area contributed by atoms with Crippen LogP contribution in [0.1, 0.15) is 41.1 Å². The zero-order valence-electron chi connectivity index (χ0n) is 13.0. The highest BCUT2D eigenvalue weighted by Crippen LogP contribution is 2.35. The fraction of sp³-hybridized carbons (Fsp3) is 0.368. The Kier molecular flexibility index (Phi) is 3.98. The summed E-state index contributed by atoms with van der Waals surface area (Å²) in [6, 6.07) is 15.4. The Labute approximate surface area is 127 Å². The lowest BCUT2D eigenvalue weighted by atomic mass is 9.77. The molecule has 0 spiro atoms. The van der Waals surface area contributed by atoms with Gasteiger partial charge in [0, 0.05) is 24.1 Å². The Morgan fingerprint density at radius 1 is 1.24 bits per heavy atom. The number of rotatable bonds is 5. The first kappa shape index (κ1) is 14.2. The average molecular weight is 281 g/mol. The molecular weight excluding hydrogens is 258 g/mol. The lowest BCUT2D eigenvalue weighted by Crippen LogP contribution is -2.30. The molecule has 3 rings (SSSR count). The maximum absolute atomic E-state index is 5.48. The summed E-state index contributed by atoms with van der Waals surface area (Å²) >= 11 is 0. The quantitative estimate of drug-likeness (QED) is 0.894. The van der Waals surface area contributed by atoms with Crippen LogP contribution < -0.4 is 10.1 Å². The van der Waals surface area contributed by atoms with Gasteiger partial charge in [0.1, 0.15) is 5.75 Å². The van der Waals surface area contributed by atoms with E-state index < -0.39 is 0 Å². The van der Waals surface area contributed by atoms with Crippen molar-refractivity contribution in [1.29, 1.82) is 0 Å². The summed E-state index contributed by atoms with van der Waals surface area (Å²) in [6.07, 6.45) is 1.20. The molecule has 0 aliphatic heterocycles. The molecule has 0 amide bonds. The van der Waals surface area contributed by atoms with Gasteiger partial charge in [-0.2, -0.15) is 0 Å². The van der Waals surface area contributed by atoms with Crippen LogP contribution in [0.2, 0.25) is 0 Å². The maximum atomic E-state index is 5.48. The molecule has 0 aromatic heterocycles. The number of fused-ring (bicyclic) bond motifs is 1. The smallest absolute Gasteiger partial charge is 0.123 e. The topological polar surface area (TPSA) is 21.3 Å². The molecular formula is C19H23NO. The van der Waals surface area contributed by atoms with Crippen molar-refractivity contribution in [3.63, 3.8) is 0 Å². The van der Waals surface area contributed by atoms with Gasteiger partial charge in [-0.25, -0.2) is 0 Å². The van der Waals surface area contributed by atoms with Gasteiger partial charge in [0.15, 0.2) is 0 Å². The number of hydrogen-bond donors (Lipinski definition) is 1. The van der Waals surface area contributed by atoms with Crippen molar-refractivity contribution in [3.8, 4) is 5.75 Å². The highest BCUT2D eigenvalue weighted by atomic mass is 16.5. The minimum atomic E-state index is 0.299. The van der Waals surface area contributed by atoms with E-state index in [0.29, 0.717) is 12.0 Å². The molecule has 2 heteroatoms. The van der Waals surface area contributed by atoms with Gasteiger partial charge in [-0.05, 0) is 37.5 Å². The Bertz CT molecular complexity index is 635. The number of benzene rings is 2. The fourth-order valence-corrected chi connectivity index (χ4v) is 3.17. The second kappa shape index (κ2) is 5.90. The third-order valence-corrected chi connectivity index (χ3v) is 4.48. The molecule has 110 valence electrons. The number of aryl methyl sites for hydroxylation is 1. The largest absolute Gasteiger partial charge is 0.496 e. The molecule has 0 fully saturated rings. The van der Waals surface area contributed by atoms with E-state index in [4.69, 9.17) is 4.74 Å². The van der Waals surface area contributed by atoms with Crippen LogP contribution in [0.4, 0.5) is 0 Å². The predicted octanol–water partition coefficient (Wildman–Crippen LogP) is 3.99. The predicted molar refractivity (Wildman–Crippen MR) is 87.0 cm³/mol. The van der Waals surface area contributed by atoms with Crippen molar-refractivity contribution in [1.82, 2.24) is 5.32 Å². The molecule has 2 aromatic carbocycles. The minimum absolute atomic E-state index is 0.299. The number of methoxy groups -OCH3 is 1. The van der Waals surface area contributed by atoms with Crippen LogP contribution in [-0.4, -0.2) is 13.7 Å². The van der Waals surface area contributed by atoms with E-state index >= 15 is 0 Å². The van der Waals surface area contributed by atoms with Gasteiger partial charge in [0.05, 0.1) is 7.11 Å². The van der Waals surface area contributed by atoms with Gasteiger partial charge in [-0.3, -0.25) is 0 Å². The first-order chi connectivity index (χ1) is 10.2. The zero-order valence-corrected chi connectivity index (χ0v) is 13.0. The summed E-state index contributed by atoms with van der Waals surface area (Å²) in [6.45, 7) is 5.36. The van der Waals surface area contributed by atoms with E-state index in [-0.39, 0.29) is 0 Å². The molecule has 2 atom stereocenters. The standard InChI is InChI=1S/C19H23NO/c1-13-8-9-19(21-3)18(10-13)14(2)20-12-16-11-15-6-4-5-7-17(15)16/h4-10,14,16,20H,11-12H2,1-3H3. The molecule has 1 aliphatic rings. The molecule has 0 radical (unpaired) electrons. The summed E-state index contributed by atoms with van der Waals surface area (Å²) in [7, 11) is 1.74. The maximum Gasteiger partial charge on any atom is 0.123 e. The molecule has 0 saturated heterocycles. The van der Waals surface area contributed by atoms with Crippen molar-refractivity contribution in [3.05, 3.63) is 64.7 Å². The van der Waals surface area contributed by atoms with E-state index in [0.717, 1.165) is 12.3 Å². The van der Waals surface area contributed by atoms with Gasteiger partial charge in [0.25, 0.3) is 0 Å². The second-order valence-electron chi connectivity index (χ2n) is 5.98. The van der Waals surface area contributed by atoms with Gasteiger partial charge in [-0.15, -0.1) is 0 Å². The van der Waals surface area contributed by atoms with E-state index in [2.05, 4.69) is 61.6 Å². The van der Waals surface area contributed by atoms with Gasteiger partial charge >= 0.3 is 0 Å². The highest BCUT2D eigenvalue weighted by molar-refractivity contribution is 5.41. The van der Waals surface area contributed by atoms with Crippen LogP contribution >= 0.6 is 0 Å². The molecule has 1 N–H and O–H groups in total. The molecule has 0 bridgehead atoms. The third kappa shape index (κ3) is 2.81. The van der Waals surface area contributed by atoms with Crippen LogP contribution in [0.15, 0.2) is 42.5 Å². The molecule has 0 heterocycles. The van der Waals surface area contributed by atoms with E-state index in [9.17, 15) is 0 Å². The molecule has 0 saturated carbocycles. The van der Waals surface area contributed by atoms with Crippen LogP contribution in [0, 0.1) is 6.92 Å². The Morgan fingerprint density at radius 3 is 2.81 bits per heavy atom. The summed E-state index contributed by atoms with van der Waals surface area (Å²) in [4.78, 5) is 0. The van der Waals surface area contributed by atoms with E-state index in [1.54, 1.807) is 7.11 Å². The number of nitrogens with one attached hydrogen (secondary N) is 1. The molecule has 2 aromatic rings. The van der Waals surface area contributed by atoms with Crippen molar-refractivity contribution < 1.29 is 4.74 Å². The summed E-state index contributed by atoms with van der Waals surface area (Å²) < 4.78 is 5.48. The SMILES string of the molecule is COc1ccc(C)cc1C(C)NCC1Cc2ccccc21. The van der Waals surface area contributed by atoms with Crippen LogP contribution in [-0.2, 0) is 6.42 Å². The molecule has 2 nitrogen and oxygen atoms in total. The first-order valence-corrected chi connectivity index (χ1v) is 7.64. The van der Waals surface area contributed by atoms with Gasteiger partial charge < -0.3 is 10.1 Å². The van der Waals surface area contributed by atoms with Crippen LogP contribution in [0.5, 0.6) is 5.75 Å². The van der Waals surface area contributed by atoms with E-state index in [1.165, 1.54) is 28.7 Å². The van der Waals surface area contributed by atoms with Gasteiger partial charge in [0.2, 0.25) is 0 Å². The lowest BCUT2D eigenvalue weighted by molar-refractivity contribution is 0.398. The number of ether oxygens (including phenoxy) is 1. The van der Waals surface area contributed by atoms with Crippen LogP contribution in [0.3, 0.4) is 0 Å². The Hall–Kier alpha value is -1.80. The van der Waals surface area contributed by atoms with Crippen molar-refractivity contribution >= 4 is 0 Å². The van der Waals surface area contributed by atoms with Gasteiger partial charge in [-0.1, -0.05) is 42.0 Å². The normalized spacial score (nSPS) is 17.8. The van der Waals surface area contributed by atoms with Crippen molar-refractivity contribution in [2.24, 2.45) is 0 Å². The van der Waals surface area contributed by atoms with Crippen molar-refractivity contribution in [2.45, 2.75) is 32.2 Å². The zero-order chi connectivity index (χ0) is 14.8.